The monoisotopic (exact) mass is 380 g/mol. The Morgan fingerprint density at radius 3 is 2.67 bits per heavy atom. The number of hydrogen-bond acceptors (Lipinski definition) is 1. The van der Waals surface area contributed by atoms with Crippen LogP contribution in [-0.4, -0.2) is 20.0 Å². The summed E-state index contributed by atoms with van der Waals surface area (Å²) in [6, 6.07) is 16.9. The molecule has 4 rings (SSSR count). The van der Waals surface area contributed by atoms with Gasteiger partial charge in [-0.2, -0.15) is 0 Å². The quantitative estimate of drug-likeness (QED) is 0.549. The van der Waals surface area contributed by atoms with Crippen LogP contribution in [0.3, 0.4) is 0 Å². The summed E-state index contributed by atoms with van der Waals surface area (Å²) in [6.07, 6.45) is 5.58. The van der Waals surface area contributed by atoms with Gasteiger partial charge in [-0.3, -0.25) is 0 Å². The van der Waals surface area contributed by atoms with Gasteiger partial charge in [-0.1, -0.05) is 62.1 Å². The lowest BCUT2D eigenvalue weighted by Crippen LogP contribution is -2.37. The van der Waals surface area contributed by atoms with E-state index in [1.807, 2.05) is 12.1 Å². The molecule has 1 aromatic heterocycles. The first kappa shape index (κ1) is 18.5. The van der Waals surface area contributed by atoms with E-state index in [4.69, 9.17) is 0 Å². The van der Waals surface area contributed by atoms with Crippen molar-refractivity contribution in [3.8, 4) is 0 Å². The van der Waals surface area contributed by atoms with Crippen molar-refractivity contribution >= 4 is 21.9 Å². The van der Waals surface area contributed by atoms with Crippen LogP contribution in [0.1, 0.15) is 55.5 Å². The molecule has 142 valence electrons. The predicted molar refractivity (Wildman–Crippen MR) is 113 cm³/mol. The maximum Gasteiger partial charge on any atom is 0.128 e. The first-order valence-electron chi connectivity index (χ1n) is 10.0. The van der Waals surface area contributed by atoms with E-state index in [1.54, 1.807) is 0 Å². The summed E-state index contributed by atoms with van der Waals surface area (Å²) in [5.74, 6) is 0. The Morgan fingerprint density at radius 2 is 1.89 bits per heavy atom. The third-order valence-corrected chi connectivity index (χ3v) is 7.16. The minimum atomic E-state index is -1.13. The van der Waals surface area contributed by atoms with Gasteiger partial charge in [0.25, 0.3) is 0 Å². The average molecular weight is 381 g/mol. The van der Waals surface area contributed by atoms with Crippen LogP contribution in [-0.2, 0) is 17.4 Å². The number of para-hydroxylation sites is 1. The Bertz CT molecular complexity index is 945. The fourth-order valence-corrected chi connectivity index (χ4v) is 5.50. The molecule has 0 saturated carbocycles. The van der Waals surface area contributed by atoms with Crippen molar-refractivity contribution in [1.29, 1.82) is 0 Å². The third-order valence-electron chi connectivity index (χ3n) is 5.63. The molecule has 1 aliphatic heterocycles. The van der Waals surface area contributed by atoms with E-state index in [-0.39, 0.29) is 6.04 Å². The van der Waals surface area contributed by atoms with Gasteiger partial charge in [-0.25, -0.2) is 8.51 Å². The molecule has 0 radical (unpaired) electrons. The van der Waals surface area contributed by atoms with Crippen molar-refractivity contribution < 1.29 is 4.21 Å². The molecule has 4 heteroatoms. The van der Waals surface area contributed by atoms with Gasteiger partial charge in [-0.15, -0.1) is 0 Å². The molecule has 0 aliphatic carbocycles. The molecule has 2 unspecified atom stereocenters. The number of H-pyrrole nitrogens is 1. The molecular formula is C23H28N2OS. The number of nitrogens with one attached hydrogen (secondary N) is 1. The van der Waals surface area contributed by atoms with E-state index in [0.29, 0.717) is 0 Å². The summed E-state index contributed by atoms with van der Waals surface area (Å²) in [4.78, 5) is 4.57. The smallest absolute Gasteiger partial charge is 0.128 e. The molecular weight excluding hydrogens is 352 g/mol. The lowest BCUT2D eigenvalue weighted by molar-refractivity contribution is 0.298. The number of rotatable bonds is 6. The highest BCUT2D eigenvalue weighted by molar-refractivity contribution is 7.82. The highest BCUT2D eigenvalue weighted by Crippen LogP contribution is 2.39. The van der Waals surface area contributed by atoms with Crippen molar-refractivity contribution in [2.45, 2.75) is 56.9 Å². The van der Waals surface area contributed by atoms with Crippen LogP contribution in [0.25, 0.3) is 10.9 Å². The van der Waals surface area contributed by atoms with E-state index in [1.165, 1.54) is 40.6 Å². The second-order valence-corrected chi connectivity index (χ2v) is 8.97. The number of benzene rings is 2. The van der Waals surface area contributed by atoms with Crippen molar-refractivity contribution in [1.82, 2.24) is 9.29 Å². The van der Waals surface area contributed by atoms with Gasteiger partial charge in [0.2, 0.25) is 0 Å². The fraction of sp³-hybridized carbons (Fsp3) is 0.391. The zero-order valence-corrected chi connectivity index (χ0v) is 17.0. The van der Waals surface area contributed by atoms with Crippen LogP contribution < -0.4 is 0 Å². The molecule has 2 atom stereocenters. The largest absolute Gasteiger partial charge is 0.357 e. The summed E-state index contributed by atoms with van der Waals surface area (Å²) in [7, 11) is -1.13. The van der Waals surface area contributed by atoms with Crippen LogP contribution in [0.2, 0.25) is 0 Å². The predicted octanol–water partition coefficient (Wildman–Crippen LogP) is 5.68. The first-order valence-corrected chi connectivity index (χ1v) is 11.1. The van der Waals surface area contributed by atoms with Crippen molar-refractivity contribution in [3.63, 3.8) is 0 Å². The van der Waals surface area contributed by atoms with Gasteiger partial charge in [-0.05, 0) is 43.5 Å². The number of aryl methyl sites for hydroxylation is 1. The Hall–Kier alpha value is -1.91. The lowest BCUT2D eigenvalue weighted by atomic mass is 9.95. The van der Waals surface area contributed by atoms with Crippen LogP contribution in [0.4, 0.5) is 0 Å². The Labute approximate surface area is 164 Å². The molecule has 27 heavy (non-hydrogen) atoms. The number of unbranched alkanes of at least 4 members (excludes halogenated alkanes) is 2. The number of nitrogens with zero attached hydrogens (tertiary/aromatic N) is 1. The normalized spacial score (nSPS) is 18.5. The van der Waals surface area contributed by atoms with E-state index in [9.17, 15) is 4.21 Å². The summed E-state index contributed by atoms with van der Waals surface area (Å²) in [6.45, 7) is 5.14. The summed E-state index contributed by atoms with van der Waals surface area (Å²) in [5.41, 5.74) is 5.10. The summed E-state index contributed by atoms with van der Waals surface area (Å²) < 4.78 is 15.6. The second kappa shape index (κ2) is 7.99. The van der Waals surface area contributed by atoms with E-state index < -0.39 is 11.0 Å². The molecule has 3 aromatic rings. The maximum atomic E-state index is 13.4. The molecule has 0 spiro atoms. The summed E-state index contributed by atoms with van der Waals surface area (Å²) in [5, 5.41) is 1.33. The molecule has 2 heterocycles. The van der Waals surface area contributed by atoms with Gasteiger partial charge in [0.1, 0.15) is 11.0 Å². The molecule has 1 aliphatic rings. The van der Waals surface area contributed by atoms with Gasteiger partial charge >= 0.3 is 0 Å². The molecule has 0 bridgehead atoms. The van der Waals surface area contributed by atoms with E-state index in [0.717, 1.165) is 30.7 Å². The standard InChI is InChI=1S/C23H28N2OS/c1-3-4-5-10-22-23-20(19-8-6-7-9-21(19)24-23)15-16-25(22)27(26)18-13-11-17(2)12-14-18/h6-9,11-14,22,24H,3-5,10,15-16H2,1-2H3. The van der Waals surface area contributed by atoms with Crippen molar-refractivity contribution in [3.05, 3.63) is 65.4 Å². The Morgan fingerprint density at radius 1 is 1.11 bits per heavy atom. The van der Waals surface area contributed by atoms with Crippen LogP contribution in [0.5, 0.6) is 0 Å². The average Bonchev–Trinajstić information content (AvgIpc) is 3.07. The Balaban J connectivity index is 1.70. The van der Waals surface area contributed by atoms with Gasteiger partial charge in [0.05, 0.1) is 10.9 Å². The molecule has 0 fully saturated rings. The second-order valence-electron chi connectivity index (χ2n) is 7.53. The van der Waals surface area contributed by atoms with Gasteiger partial charge < -0.3 is 4.98 Å². The van der Waals surface area contributed by atoms with E-state index in [2.05, 4.69) is 59.5 Å². The third kappa shape index (κ3) is 3.61. The maximum absolute atomic E-state index is 13.4. The van der Waals surface area contributed by atoms with Gasteiger partial charge in [0, 0.05) is 23.1 Å². The van der Waals surface area contributed by atoms with Crippen molar-refractivity contribution in [2.24, 2.45) is 0 Å². The molecule has 3 nitrogen and oxygen atoms in total. The fourth-order valence-electron chi connectivity index (χ4n) is 4.16. The molecule has 0 amide bonds. The minimum absolute atomic E-state index is 0.190. The Kier molecular flexibility index (Phi) is 5.46. The number of hydrogen-bond donors (Lipinski definition) is 1. The van der Waals surface area contributed by atoms with E-state index >= 15 is 0 Å². The molecule has 1 N–H and O–H groups in total. The zero-order valence-electron chi connectivity index (χ0n) is 16.2. The van der Waals surface area contributed by atoms with Gasteiger partial charge in [0.15, 0.2) is 0 Å². The van der Waals surface area contributed by atoms with Crippen molar-refractivity contribution in [2.75, 3.05) is 6.54 Å². The highest BCUT2D eigenvalue weighted by atomic mass is 32.2. The highest BCUT2D eigenvalue weighted by Gasteiger charge is 2.33. The minimum Gasteiger partial charge on any atom is -0.357 e. The van der Waals surface area contributed by atoms with Crippen LogP contribution >= 0.6 is 0 Å². The number of fused-ring (bicyclic) bond motifs is 3. The summed E-state index contributed by atoms with van der Waals surface area (Å²) >= 11 is 0. The number of aromatic amines is 1. The van der Waals surface area contributed by atoms with Crippen LogP contribution in [0, 0.1) is 6.92 Å². The molecule has 0 saturated heterocycles. The van der Waals surface area contributed by atoms with Crippen LogP contribution in [0.15, 0.2) is 53.4 Å². The topological polar surface area (TPSA) is 36.1 Å². The SMILES string of the molecule is CCCCCC1c2[nH]c3ccccc3c2CCN1S(=O)c1ccc(C)cc1. The zero-order chi connectivity index (χ0) is 18.8. The molecule has 2 aromatic carbocycles. The number of aromatic nitrogens is 1. The first-order chi connectivity index (χ1) is 13.2. The lowest BCUT2D eigenvalue weighted by Gasteiger charge is -2.34.